The summed E-state index contributed by atoms with van der Waals surface area (Å²) in [5.41, 5.74) is 0. The van der Waals surface area contributed by atoms with E-state index in [1.54, 1.807) is 0 Å². The monoisotopic (exact) mass is 228 g/mol. The second kappa shape index (κ2) is 6.48. The fraction of sp³-hybridized carbons (Fsp3) is 0.818. The minimum atomic E-state index is -1.25. The lowest BCUT2D eigenvalue weighted by molar-refractivity contribution is -0.899. The van der Waals surface area contributed by atoms with Crippen LogP contribution in [0.5, 0.6) is 0 Å². The van der Waals surface area contributed by atoms with E-state index < -0.39 is 12.5 Å². The van der Waals surface area contributed by atoms with E-state index in [1.807, 2.05) is 7.05 Å². The van der Waals surface area contributed by atoms with E-state index in [-0.39, 0.29) is 5.91 Å². The number of carbonyl (C=O) groups is 2. The number of quaternary nitrogens is 1. The van der Waals surface area contributed by atoms with Gasteiger partial charge in [-0.05, 0) is 25.7 Å². The average molecular weight is 228 g/mol. The molecule has 1 rings (SSSR count). The number of hydrogen-bond acceptors (Lipinski definition) is 3. The predicted molar refractivity (Wildman–Crippen MR) is 56.6 cm³/mol. The van der Waals surface area contributed by atoms with Gasteiger partial charge < -0.3 is 20.1 Å². The van der Waals surface area contributed by atoms with Crippen LogP contribution in [-0.2, 0) is 9.59 Å². The van der Waals surface area contributed by atoms with E-state index >= 15 is 0 Å². The second-order valence-electron chi connectivity index (χ2n) is 4.51. The Morgan fingerprint density at radius 2 is 1.94 bits per heavy atom. The molecule has 0 aliphatic heterocycles. The summed E-state index contributed by atoms with van der Waals surface area (Å²) in [6.07, 6.45) is 6.10. The third-order valence-corrected chi connectivity index (χ3v) is 3.17. The summed E-state index contributed by atoms with van der Waals surface area (Å²) < 4.78 is 0. The van der Waals surface area contributed by atoms with Gasteiger partial charge in [0.25, 0.3) is 5.91 Å². The first-order valence-corrected chi connectivity index (χ1v) is 5.88. The van der Waals surface area contributed by atoms with Crippen molar-refractivity contribution in [1.82, 2.24) is 5.32 Å². The van der Waals surface area contributed by atoms with E-state index in [1.165, 1.54) is 37.0 Å². The minimum absolute atomic E-state index is 0.215. The Labute approximate surface area is 95.8 Å². The lowest BCUT2D eigenvalue weighted by Crippen LogP contribution is -3.14. The van der Waals surface area contributed by atoms with Crippen molar-refractivity contribution in [3.05, 3.63) is 0 Å². The maximum Gasteiger partial charge on any atom is 0.275 e. The SMILES string of the molecule is C[NH+](CC(=O)NCC(=O)[O-])C1CCCCC1. The highest BCUT2D eigenvalue weighted by atomic mass is 16.4. The molecule has 92 valence electrons. The van der Waals surface area contributed by atoms with Gasteiger partial charge in [0.15, 0.2) is 6.54 Å². The Morgan fingerprint density at radius 1 is 1.31 bits per heavy atom. The van der Waals surface area contributed by atoms with Crippen LogP contribution in [0.2, 0.25) is 0 Å². The fourth-order valence-electron chi connectivity index (χ4n) is 2.23. The molecule has 0 saturated heterocycles. The minimum Gasteiger partial charge on any atom is -0.548 e. The third-order valence-electron chi connectivity index (χ3n) is 3.17. The number of nitrogens with one attached hydrogen (secondary N) is 2. The van der Waals surface area contributed by atoms with Crippen molar-refractivity contribution in [3.8, 4) is 0 Å². The molecule has 16 heavy (non-hydrogen) atoms. The van der Waals surface area contributed by atoms with Crippen LogP contribution in [0.4, 0.5) is 0 Å². The van der Waals surface area contributed by atoms with E-state index in [0.29, 0.717) is 12.6 Å². The van der Waals surface area contributed by atoms with Crippen LogP contribution < -0.4 is 15.3 Å². The van der Waals surface area contributed by atoms with Gasteiger partial charge in [-0.3, -0.25) is 4.79 Å². The van der Waals surface area contributed by atoms with Gasteiger partial charge in [0.05, 0.1) is 25.6 Å². The number of carboxylic acids is 1. The first-order valence-electron chi connectivity index (χ1n) is 5.88. The molecular formula is C11H20N2O3. The number of aliphatic carboxylic acids is 1. The van der Waals surface area contributed by atoms with E-state index in [9.17, 15) is 14.7 Å². The lowest BCUT2D eigenvalue weighted by Gasteiger charge is -2.27. The van der Waals surface area contributed by atoms with Gasteiger partial charge in [-0.25, -0.2) is 0 Å². The highest BCUT2D eigenvalue weighted by molar-refractivity contribution is 5.81. The molecule has 5 heteroatoms. The van der Waals surface area contributed by atoms with Crippen molar-refractivity contribution in [2.45, 2.75) is 38.1 Å². The topological polar surface area (TPSA) is 73.7 Å². The van der Waals surface area contributed by atoms with Crippen LogP contribution in [-0.4, -0.2) is 38.1 Å². The Bertz CT molecular complexity index is 250. The summed E-state index contributed by atoms with van der Waals surface area (Å²) in [6, 6.07) is 0.544. The first kappa shape index (κ1) is 13.0. The average Bonchev–Trinajstić information content (AvgIpc) is 2.27. The molecule has 1 fully saturated rings. The Kier molecular flexibility index (Phi) is 5.25. The summed E-state index contributed by atoms with van der Waals surface area (Å²) in [5, 5.41) is 12.5. The molecule has 0 aromatic carbocycles. The summed E-state index contributed by atoms with van der Waals surface area (Å²) in [5.74, 6) is -1.46. The highest BCUT2D eigenvalue weighted by Gasteiger charge is 2.22. The Morgan fingerprint density at radius 3 is 2.50 bits per heavy atom. The van der Waals surface area contributed by atoms with E-state index in [2.05, 4.69) is 5.32 Å². The van der Waals surface area contributed by atoms with Crippen molar-refractivity contribution in [2.24, 2.45) is 0 Å². The van der Waals surface area contributed by atoms with E-state index in [0.717, 1.165) is 0 Å². The highest BCUT2D eigenvalue weighted by Crippen LogP contribution is 2.14. The molecular weight excluding hydrogens is 208 g/mol. The predicted octanol–water partition coefficient (Wildman–Crippen LogP) is -2.30. The molecule has 0 radical (unpaired) electrons. The van der Waals surface area contributed by atoms with Crippen molar-refractivity contribution < 1.29 is 19.6 Å². The van der Waals surface area contributed by atoms with Crippen LogP contribution in [0.1, 0.15) is 32.1 Å². The van der Waals surface area contributed by atoms with Crippen LogP contribution in [0, 0.1) is 0 Å². The molecule has 5 nitrogen and oxygen atoms in total. The zero-order valence-electron chi connectivity index (χ0n) is 9.75. The van der Waals surface area contributed by atoms with Crippen LogP contribution in [0.25, 0.3) is 0 Å². The fourth-order valence-corrected chi connectivity index (χ4v) is 2.23. The van der Waals surface area contributed by atoms with Crippen LogP contribution >= 0.6 is 0 Å². The smallest absolute Gasteiger partial charge is 0.275 e. The van der Waals surface area contributed by atoms with Crippen LogP contribution in [0.15, 0.2) is 0 Å². The van der Waals surface area contributed by atoms with Gasteiger partial charge in [-0.1, -0.05) is 6.42 Å². The zero-order valence-corrected chi connectivity index (χ0v) is 9.75. The third kappa shape index (κ3) is 4.61. The van der Waals surface area contributed by atoms with Gasteiger partial charge in [-0.15, -0.1) is 0 Å². The van der Waals surface area contributed by atoms with Crippen molar-refractivity contribution in [1.29, 1.82) is 0 Å². The van der Waals surface area contributed by atoms with Gasteiger partial charge in [-0.2, -0.15) is 0 Å². The maximum absolute atomic E-state index is 11.4. The zero-order chi connectivity index (χ0) is 12.0. The lowest BCUT2D eigenvalue weighted by atomic mass is 9.94. The second-order valence-corrected chi connectivity index (χ2v) is 4.51. The Balaban J connectivity index is 2.23. The number of carboxylic acid groups (broad SMARTS) is 1. The molecule has 1 saturated carbocycles. The molecule has 1 aliphatic carbocycles. The first-order chi connectivity index (χ1) is 7.59. The molecule has 0 aromatic rings. The number of likely N-dealkylation sites (N-methyl/N-ethyl adjacent to an activating group) is 1. The van der Waals surface area contributed by atoms with Gasteiger partial charge in [0.1, 0.15) is 0 Å². The summed E-state index contributed by atoms with van der Waals surface area (Å²) in [6.45, 7) is -0.0469. The molecule has 0 heterocycles. The van der Waals surface area contributed by atoms with Crippen molar-refractivity contribution in [2.75, 3.05) is 20.1 Å². The summed E-state index contributed by atoms with van der Waals surface area (Å²) in [7, 11) is 1.99. The van der Waals surface area contributed by atoms with Crippen molar-refractivity contribution in [3.63, 3.8) is 0 Å². The molecule has 0 aromatic heterocycles. The standard InChI is InChI=1S/C11H20N2O3/c1-13(9-5-3-2-4-6-9)8-10(14)12-7-11(15)16/h9H,2-8H2,1H3,(H,12,14)(H,15,16). The number of amides is 1. The maximum atomic E-state index is 11.4. The molecule has 0 bridgehead atoms. The van der Waals surface area contributed by atoms with Crippen LogP contribution in [0.3, 0.4) is 0 Å². The Hall–Kier alpha value is -1.10. The van der Waals surface area contributed by atoms with E-state index in [4.69, 9.17) is 0 Å². The molecule has 1 amide bonds. The molecule has 0 spiro atoms. The summed E-state index contributed by atoms with van der Waals surface area (Å²) in [4.78, 5) is 22.7. The number of rotatable bonds is 5. The normalized spacial score (nSPS) is 19.1. The molecule has 1 atom stereocenters. The largest absolute Gasteiger partial charge is 0.548 e. The molecule has 1 unspecified atom stereocenters. The molecule has 2 N–H and O–H groups in total. The summed E-state index contributed by atoms with van der Waals surface area (Å²) >= 11 is 0. The van der Waals surface area contributed by atoms with Gasteiger partial charge in [0.2, 0.25) is 0 Å². The van der Waals surface area contributed by atoms with Gasteiger partial charge >= 0.3 is 0 Å². The van der Waals surface area contributed by atoms with Gasteiger partial charge in [0, 0.05) is 0 Å². The number of hydrogen-bond donors (Lipinski definition) is 2. The number of carbonyl (C=O) groups excluding carboxylic acids is 2. The van der Waals surface area contributed by atoms with Crippen molar-refractivity contribution >= 4 is 11.9 Å². The quantitative estimate of drug-likeness (QED) is 0.556. The molecule has 1 aliphatic rings.